The number of rotatable bonds is 18. The Morgan fingerprint density at radius 1 is 0.642 bits per heavy atom. The minimum atomic E-state index is -1.88. The number of nitrogens with zero attached hydrogens (tertiary/aromatic N) is 3. The van der Waals surface area contributed by atoms with Crippen molar-refractivity contribution in [2.24, 2.45) is 27.9 Å². The number of amides is 13. The molecule has 95 heavy (non-hydrogen) atoms. The van der Waals surface area contributed by atoms with Crippen molar-refractivity contribution in [2.75, 3.05) is 44.3 Å². The lowest BCUT2D eigenvalue weighted by Gasteiger charge is -2.31. The van der Waals surface area contributed by atoms with Gasteiger partial charge in [-0.3, -0.25) is 72.1 Å². The highest BCUT2D eigenvalue weighted by Gasteiger charge is 2.42. The van der Waals surface area contributed by atoms with Crippen LogP contribution in [0.2, 0.25) is 0 Å². The van der Waals surface area contributed by atoms with Gasteiger partial charge in [0.15, 0.2) is 5.96 Å². The van der Waals surface area contributed by atoms with Crippen LogP contribution in [0.1, 0.15) is 82.4 Å². The summed E-state index contributed by atoms with van der Waals surface area (Å²) in [6.07, 6.45) is 2.06. The average Bonchev–Trinajstić information content (AvgIpc) is 1.74. The first-order valence-corrected chi connectivity index (χ1v) is 33.1. The third-order valence-electron chi connectivity index (χ3n) is 15.5. The number of aromatic nitrogens is 3. The molecule has 518 valence electrons. The third kappa shape index (κ3) is 22.9. The van der Waals surface area contributed by atoms with Gasteiger partial charge in [0, 0.05) is 72.8 Å². The number of para-hydroxylation sites is 1. The smallest absolute Gasteiger partial charge is 0.303 e. The van der Waals surface area contributed by atoms with Gasteiger partial charge in [-0.1, -0.05) is 39.8 Å². The number of aliphatic hydroxyl groups is 1. The first kappa shape index (κ1) is 74.5. The van der Waals surface area contributed by atoms with Gasteiger partial charge in [0.2, 0.25) is 76.8 Å². The lowest BCUT2D eigenvalue weighted by atomic mass is 10.0. The van der Waals surface area contributed by atoms with Crippen LogP contribution in [-0.4, -0.2) is 230 Å². The van der Waals surface area contributed by atoms with E-state index in [2.05, 4.69) is 78.4 Å². The van der Waals surface area contributed by atoms with Gasteiger partial charge >= 0.3 is 5.97 Å². The highest BCUT2D eigenvalue weighted by molar-refractivity contribution is 8.76. The van der Waals surface area contributed by atoms with Crippen molar-refractivity contribution in [1.29, 1.82) is 0 Å². The number of aliphatic imine (C=N–C) groups is 1. The molecule has 11 atom stereocenters. The van der Waals surface area contributed by atoms with Crippen LogP contribution < -0.4 is 81.4 Å². The van der Waals surface area contributed by atoms with Gasteiger partial charge in [0.05, 0.1) is 25.9 Å². The Morgan fingerprint density at radius 2 is 1.23 bits per heavy atom. The molecule has 3 aromatic rings. The number of carbonyl (C=O) groups excluding carboxylic acids is 13. The maximum atomic E-state index is 14.7. The third-order valence-corrected chi connectivity index (χ3v) is 17.9. The number of aliphatic carboxylic acids is 1. The molecule has 0 unspecified atom stereocenters. The van der Waals surface area contributed by atoms with Crippen LogP contribution in [-0.2, 0) is 80.0 Å². The lowest BCUT2D eigenvalue weighted by Crippen LogP contribution is -2.61. The number of H-pyrrole nitrogens is 2. The van der Waals surface area contributed by atoms with Crippen LogP contribution >= 0.6 is 21.6 Å². The zero-order chi connectivity index (χ0) is 69.3. The fourth-order valence-electron chi connectivity index (χ4n) is 10.4. The average molecular weight is 1370 g/mol. The number of carbonyl (C=O) groups is 14. The summed E-state index contributed by atoms with van der Waals surface area (Å²) in [5.74, 6) is -15.9. The van der Waals surface area contributed by atoms with Crippen molar-refractivity contribution in [3.05, 3.63) is 54.2 Å². The van der Waals surface area contributed by atoms with E-state index < -0.39 is 187 Å². The fraction of sp³-hybridized carbons (Fsp3) is 0.544. The molecule has 1 aromatic carbocycles. The Bertz CT molecular complexity index is 3300. The van der Waals surface area contributed by atoms with Crippen LogP contribution in [0, 0.1) is 0 Å². The van der Waals surface area contributed by atoms with Crippen molar-refractivity contribution in [3.63, 3.8) is 0 Å². The Hall–Kier alpha value is -9.56. The van der Waals surface area contributed by atoms with Gasteiger partial charge in [-0.25, -0.2) is 4.98 Å². The molecule has 3 saturated heterocycles. The molecule has 36 nitrogen and oxygen atoms in total. The van der Waals surface area contributed by atoms with Gasteiger partial charge in [0.25, 0.3) is 0 Å². The van der Waals surface area contributed by atoms with E-state index in [1.807, 2.05) is 0 Å². The van der Waals surface area contributed by atoms with Gasteiger partial charge in [0.1, 0.15) is 66.5 Å². The number of aliphatic hydroxyl groups excluding tert-OH is 1. The molecule has 3 aliphatic heterocycles. The molecule has 2 bridgehead atoms. The molecule has 23 N–H and O–H groups in total. The van der Waals surface area contributed by atoms with E-state index >= 15 is 0 Å². The predicted molar refractivity (Wildman–Crippen MR) is 343 cm³/mol. The second-order valence-corrected chi connectivity index (χ2v) is 25.2. The summed E-state index contributed by atoms with van der Waals surface area (Å²) >= 11 is 0. The molecule has 6 rings (SSSR count). The number of unbranched alkanes of at least 4 members (excludes halogenated alkanes) is 1. The fourth-order valence-corrected chi connectivity index (χ4v) is 12.8. The first-order valence-electron chi connectivity index (χ1n) is 30.6. The molecule has 3 fully saturated rings. The van der Waals surface area contributed by atoms with Crippen LogP contribution in [0.4, 0.5) is 0 Å². The minimum Gasteiger partial charge on any atom is -0.481 e. The summed E-state index contributed by atoms with van der Waals surface area (Å²) in [6, 6.07) is -10.6. The normalized spacial score (nSPS) is 25.7. The van der Waals surface area contributed by atoms with Gasteiger partial charge in [-0.05, 0) is 76.5 Å². The summed E-state index contributed by atoms with van der Waals surface area (Å²) in [4.78, 5) is 212. The second kappa shape index (κ2) is 36.8. The Balaban J connectivity index is 1.43. The number of benzene rings is 1. The van der Waals surface area contributed by atoms with Gasteiger partial charge < -0.3 is 107 Å². The number of primary amides is 1. The molecule has 2 aromatic heterocycles. The first-order chi connectivity index (χ1) is 45.3. The van der Waals surface area contributed by atoms with Crippen molar-refractivity contribution in [2.45, 2.75) is 150 Å². The summed E-state index contributed by atoms with van der Waals surface area (Å²) in [5, 5.41) is 48.5. The summed E-state index contributed by atoms with van der Waals surface area (Å²) in [6.45, 7) is -0.583. The van der Waals surface area contributed by atoms with E-state index in [1.54, 1.807) is 30.5 Å². The van der Waals surface area contributed by atoms with Gasteiger partial charge in [-0.2, -0.15) is 0 Å². The summed E-state index contributed by atoms with van der Waals surface area (Å²) in [7, 11) is 1.69. The van der Waals surface area contributed by atoms with E-state index in [9.17, 15) is 77.3 Å². The molecular weight excluding hydrogens is 1280 g/mol. The maximum absolute atomic E-state index is 14.7. The second-order valence-electron chi connectivity index (χ2n) is 22.7. The van der Waals surface area contributed by atoms with Crippen LogP contribution in [0.15, 0.2) is 48.0 Å². The van der Waals surface area contributed by atoms with Crippen molar-refractivity contribution >= 4 is 121 Å². The number of nitrogens with one attached hydrogen (secondary N) is 13. The van der Waals surface area contributed by atoms with E-state index in [-0.39, 0.29) is 82.7 Å². The number of carboxylic acids is 1. The standard InChI is InChI=1S/C57H82N20O16S2/c1-28-46(83)69-34(10-4-5-15-58)48(85)75-39(24-78)52(89)72-36(18-29-21-64-32-9-3-2-8-31(29)32)50(87)70-33(11-6-16-63-57(60)61)47(84)65-23-44(80)68-40-25-94-95-26-41(53(90)67-28)76-55(92)42-12-7-17-77(42)56(93)38(19-30-22-62-27-66-30)74-51(88)37(20-43(59)79)73-49(86)35(71-54(40)91)13-14-45(81)82/h2-3,8-9,21-22,27-28,33-42,64,78H,4-7,10-20,23-26,58H2,1H3,(H2,59,79)(H,62,66)(H,65,84)(H,67,90)(H,68,80)(H,69,83)(H,70,87)(H,71,91)(H,72,89)(H,73,86)(H,74,88)(H,75,85)(H,76,92)(H,81,82)(H4,60,61,63)/t28-,33-,34-,35-,36-,37-,38-,39-,40-,41-,42-/m0/s1. The number of aromatic amines is 2. The predicted octanol–water partition coefficient (Wildman–Crippen LogP) is -7.02. The maximum Gasteiger partial charge on any atom is 0.303 e. The number of guanidine groups is 1. The minimum absolute atomic E-state index is 0.0396. The lowest BCUT2D eigenvalue weighted by molar-refractivity contribution is -0.142. The molecule has 38 heteroatoms. The number of hydrogen-bond acceptors (Lipinski definition) is 20. The van der Waals surface area contributed by atoms with Crippen molar-refractivity contribution < 1.29 is 77.3 Å². The summed E-state index contributed by atoms with van der Waals surface area (Å²) < 4.78 is 0. The van der Waals surface area contributed by atoms with E-state index in [4.69, 9.17) is 22.9 Å². The zero-order valence-electron chi connectivity index (χ0n) is 51.9. The molecular formula is C57H82N20O16S2. The molecule has 0 saturated carbocycles. The number of hydrogen-bond donors (Lipinski definition) is 19. The molecule has 0 radical (unpaired) electrons. The largest absolute Gasteiger partial charge is 0.481 e. The Kier molecular flexibility index (Phi) is 28.8. The van der Waals surface area contributed by atoms with Crippen LogP contribution in [0.3, 0.4) is 0 Å². The number of carboxylic acid groups (broad SMARTS) is 1. The van der Waals surface area contributed by atoms with Crippen molar-refractivity contribution in [1.82, 2.24) is 78.3 Å². The van der Waals surface area contributed by atoms with Crippen molar-refractivity contribution in [3.8, 4) is 0 Å². The molecule has 5 heterocycles. The SMILES string of the molecule is C[C@@H]1NC(=O)[C@@H]2CSSC[C@H](NC(=O)CNC(=O)[C@H](CCCN=C(N)N)NC(=O)[C@H](Cc3c[nH]c4ccccc34)NC(=O)[C@H](CO)NC(=O)[C@H](CCCCN)NC1=O)C(=O)N[C@@H](CCC(=O)O)C(=O)N[C@@H](CC(N)=O)C(=O)N[C@@H](Cc1cnc[nH]1)C(=O)N1CCC[C@H]1C(=O)N2. The molecule has 3 aliphatic rings. The highest BCUT2D eigenvalue weighted by Crippen LogP contribution is 2.26. The quantitative estimate of drug-likeness (QED) is 0.0244. The number of nitrogens with two attached hydrogens (primary N) is 4. The topological polar surface area (TPSA) is 576 Å². The molecule has 13 amide bonds. The summed E-state index contributed by atoms with van der Waals surface area (Å²) in [5.41, 5.74) is 23.9. The molecule has 0 aliphatic carbocycles. The highest BCUT2D eigenvalue weighted by atomic mass is 33.1. The monoisotopic (exact) mass is 1370 g/mol. The number of fused-ring (bicyclic) bond motifs is 7. The van der Waals surface area contributed by atoms with E-state index in [0.717, 1.165) is 21.6 Å². The zero-order valence-corrected chi connectivity index (χ0v) is 53.5. The van der Waals surface area contributed by atoms with E-state index in [1.165, 1.54) is 24.3 Å². The van der Waals surface area contributed by atoms with Crippen LogP contribution in [0.25, 0.3) is 10.9 Å². The molecule has 0 spiro atoms. The number of imidazole rings is 1. The van der Waals surface area contributed by atoms with Gasteiger partial charge in [-0.15, -0.1) is 0 Å². The van der Waals surface area contributed by atoms with Crippen LogP contribution in [0.5, 0.6) is 0 Å². The van der Waals surface area contributed by atoms with E-state index in [0.29, 0.717) is 28.6 Å². The Labute approximate surface area is 551 Å². The Morgan fingerprint density at radius 3 is 1.91 bits per heavy atom.